The van der Waals surface area contributed by atoms with Gasteiger partial charge in [0.1, 0.15) is 12.6 Å². The first kappa shape index (κ1) is 25.6. The Hall–Kier alpha value is -2.98. The molecule has 0 aliphatic carbocycles. The summed E-state index contributed by atoms with van der Waals surface area (Å²) in [6.45, 7) is 2.97. The number of ether oxygens (including phenoxy) is 2. The third-order valence-corrected chi connectivity index (χ3v) is 7.52. The average Bonchev–Trinajstić information content (AvgIpc) is 3.31. The summed E-state index contributed by atoms with van der Waals surface area (Å²) in [6, 6.07) is 10.8. The van der Waals surface area contributed by atoms with E-state index in [1.165, 1.54) is 24.9 Å². The first-order valence-electron chi connectivity index (χ1n) is 10.9. The van der Waals surface area contributed by atoms with Gasteiger partial charge in [-0.15, -0.1) is 0 Å². The van der Waals surface area contributed by atoms with Crippen LogP contribution in [0.5, 0.6) is 11.5 Å². The van der Waals surface area contributed by atoms with Gasteiger partial charge in [-0.1, -0.05) is 30.7 Å². The van der Waals surface area contributed by atoms with Crippen molar-refractivity contribution >= 4 is 39.1 Å². The largest absolute Gasteiger partial charge is 0.454 e. The molecule has 2 amide bonds. The quantitative estimate of drug-likeness (QED) is 0.528. The summed E-state index contributed by atoms with van der Waals surface area (Å²) in [6.07, 6.45) is 0.351. The Kier molecular flexibility index (Phi) is 8.27. The molecule has 1 aliphatic heterocycles. The van der Waals surface area contributed by atoms with Crippen LogP contribution >= 0.6 is 11.6 Å². The minimum atomic E-state index is -3.82. The molecule has 0 aromatic heterocycles. The summed E-state index contributed by atoms with van der Waals surface area (Å²) in [4.78, 5) is 27.6. The number of amides is 2. The maximum absolute atomic E-state index is 13.6. The van der Waals surface area contributed by atoms with Crippen molar-refractivity contribution in [3.8, 4) is 11.5 Å². The lowest BCUT2D eigenvalue weighted by atomic mass is 10.1. The van der Waals surface area contributed by atoms with E-state index in [4.69, 9.17) is 21.1 Å². The van der Waals surface area contributed by atoms with Crippen LogP contribution in [0, 0.1) is 0 Å². The number of carbonyl (C=O) groups is 2. The van der Waals surface area contributed by atoms with Crippen molar-refractivity contribution in [2.24, 2.45) is 0 Å². The summed E-state index contributed by atoms with van der Waals surface area (Å²) < 4.78 is 37.7. The molecule has 0 spiro atoms. The van der Waals surface area contributed by atoms with E-state index >= 15 is 0 Å². The van der Waals surface area contributed by atoms with Crippen LogP contribution < -0.4 is 19.1 Å². The predicted molar refractivity (Wildman–Crippen MR) is 130 cm³/mol. The molecule has 0 fully saturated rings. The van der Waals surface area contributed by atoms with E-state index in [0.29, 0.717) is 22.9 Å². The number of benzene rings is 2. The summed E-state index contributed by atoms with van der Waals surface area (Å²) in [5, 5.41) is 3.13. The minimum absolute atomic E-state index is 0.0391. The molecule has 0 unspecified atom stereocenters. The molecule has 9 nitrogen and oxygen atoms in total. The lowest BCUT2D eigenvalue weighted by molar-refractivity contribution is -0.140. The molecule has 1 atom stereocenters. The number of anilines is 1. The molecule has 2 aromatic carbocycles. The molecule has 0 saturated carbocycles. The van der Waals surface area contributed by atoms with E-state index < -0.39 is 28.5 Å². The molecule has 1 aliphatic rings. The molecule has 1 heterocycles. The third kappa shape index (κ3) is 5.74. The fourth-order valence-electron chi connectivity index (χ4n) is 3.63. The summed E-state index contributed by atoms with van der Waals surface area (Å²) in [7, 11) is -2.33. The Morgan fingerprint density at radius 3 is 2.38 bits per heavy atom. The minimum Gasteiger partial charge on any atom is -0.454 e. The number of nitrogens with zero attached hydrogens (tertiary/aromatic N) is 2. The molecular formula is C23H28ClN3O6S. The Balaban J connectivity index is 1.96. The van der Waals surface area contributed by atoms with Crippen LogP contribution in [0.25, 0.3) is 0 Å². The van der Waals surface area contributed by atoms with Crippen molar-refractivity contribution in [1.82, 2.24) is 10.2 Å². The van der Waals surface area contributed by atoms with Gasteiger partial charge in [-0.3, -0.25) is 13.9 Å². The number of likely N-dealkylation sites (N-methyl/N-ethyl adjacent to an activating group) is 1. The highest BCUT2D eigenvalue weighted by Crippen LogP contribution is 2.36. The molecule has 1 N–H and O–H groups in total. The summed E-state index contributed by atoms with van der Waals surface area (Å²) in [5.74, 6) is -0.161. The maximum atomic E-state index is 13.6. The standard InChI is InChI=1S/C23H28ClN3O6S/c1-4-19(23(29)25-3)26(13-16-6-8-17(24)9-7-16)22(28)14-27(34(30,31)5-2)18-10-11-20-21(12-18)33-15-32-20/h6-12,19H,4-5,13-15H2,1-3H3,(H,25,29)/t19-/m1/s1. The molecule has 0 saturated heterocycles. The highest BCUT2D eigenvalue weighted by molar-refractivity contribution is 7.92. The molecule has 34 heavy (non-hydrogen) atoms. The number of hydrogen-bond donors (Lipinski definition) is 1. The average molecular weight is 510 g/mol. The topological polar surface area (TPSA) is 105 Å². The summed E-state index contributed by atoms with van der Waals surface area (Å²) >= 11 is 5.98. The third-order valence-electron chi connectivity index (χ3n) is 5.52. The highest BCUT2D eigenvalue weighted by Gasteiger charge is 2.32. The number of carbonyl (C=O) groups excluding carboxylic acids is 2. The van der Waals surface area contributed by atoms with Gasteiger partial charge in [0.25, 0.3) is 0 Å². The number of halogens is 1. The number of sulfonamides is 1. The van der Waals surface area contributed by atoms with Crippen LogP contribution in [0.2, 0.25) is 5.02 Å². The van der Waals surface area contributed by atoms with E-state index in [2.05, 4.69) is 5.32 Å². The normalized spacial score (nSPS) is 13.3. The second-order valence-corrected chi connectivity index (χ2v) is 10.2. The fourth-order valence-corrected chi connectivity index (χ4v) is 4.81. The van der Waals surface area contributed by atoms with Crippen LogP contribution in [0.1, 0.15) is 25.8 Å². The van der Waals surface area contributed by atoms with Gasteiger partial charge in [-0.05, 0) is 43.2 Å². The van der Waals surface area contributed by atoms with Gasteiger partial charge in [-0.2, -0.15) is 0 Å². The number of nitrogens with one attached hydrogen (secondary N) is 1. The predicted octanol–water partition coefficient (Wildman–Crippen LogP) is 2.78. The fraction of sp³-hybridized carbons (Fsp3) is 0.391. The van der Waals surface area contributed by atoms with Crippen LogP contribution in [0.15, 0.2) is 42.5 Å². The maximum Gasteiger partial charge on any atom is 0.244 e. The van der Waals surface area contributed by atoms with Crippen molar-refractivity contribution < 1.29 is 27.5 Å². The second kappa shape index (κ2) is 11.0. The summed E-state index contributed by atoms with van der Waals surface area (Å²) in [5.41, 5.74) is 1.03. The van der Waals surface area contributed by atoms with Gasteiger partial charge in [0.2, 0.25) is 28.6 Å². The van der Waals surface area contributed by atoms with Gasteiger partial charge in [-0.25, -0.2) is 8.42 Å². The van der Waals surface area contributed by atoms with Crippen molar-refractivity contribution in [2.75, 3.05) is 30.4 Å². The van der Waals surface area contributed by atoms with Crippen LogP contribution in [0.3, 0.4) is 0 Å². The Morgan fingerprint density at radius 2 is 1.76 bits per heavy atom. The number of fused-ring (bicyclic) bond motifs is 1. The van der Waals surface area contributed by atoms with Gasteiger partial charge >= 0.3 is 0 Å². The SMILES string of the molecule is CC[C@H](C(=O)NC)N(Cc1ccc(Cl)cc1)C(=O)CN(c1ccc2c(c1)OCO2)S(=O)(=O)CC. The molecule has 11 heteroatoms. The van der Waals surface area contributed by atoms with Crippen LogP contribution in [-0.4, -0.2) is 57.3 Å². The van der Waals surface area contributed by atoms with Crippen molar-refractivity contribution in [3.63, 3.8) is 0 Å². The molecule has 0 bridgehead atoms. The monoisotopic (exact) mass is 509 g/mol. The van der Waals surface area contributed by atoms with Gasteiger partial charge in [0, 0.05) is 24.7 Å². The van der Waals surface area contributed by atoms with E-state index in [1.54, 1.807) is 43.3 Å². The first-order valence-corrected chi connectivity index (χ1v) is 12.8. The molecule has 0 radical (unpaired) electrons. The van der Waals surface area contributed by atoms with Crippen molar-refractivity contribution in [3.05, 3.63) is 53.1 Å². The van der Waals surface area contributed by atoms with Crippen molar-refractivity contribution in [1.29, 1.82) is 0 Å². The van der Waals surface area contributed by atoms with Gasteiger partial charge in [0.15, 0.2) is 11.5 Å². The van der Waals surface area contributed by atoms with E-state index in [0.717, 1.165) is 9.87 Å². The Morgan fingerprint density at radius 1 is 1.09 bits per heavy atom. The van der Waals surface area contributed by atoms with Crippen LogP contribution in [-0.2, 0) is 26.2 Å². The lowest BCUT2D eigenvalue weighted by Gasteiger charge is -2.33. The molecule has 3 rings (SSSR count). The zero-order valence-electron chi connectivity index (χ0n) is 19.3. The Labute approximate surface area is 204 Å². The lowest BCUT2D eigenvalue weighted by Crippen LogP contribution is -2.52. The molecular weight excluding hydrogens is 482 g/mol. The van der Waals surface area contributed by atoms with Gasteiger partial charge in [0.05, 0.1) is 11.4 Å². The zero-order chi connectivity index (χ0) is 24.9. The molecule has 2 aromatic rings. The number of rotatable bonds is 10. The van der Waals surface area contributed by atoms with Gasteiger partial charge < -0.3 is 19.7 Å². The van der Waals surface area contributed by atoms with E-state index in [-0.39, 0.29) is 30.7 Å². The first-order chi connectivity index (χ1) is 16.2. The van der Waals surface area contributed by atoms with Crippen molar-refractivity contribution in [2.45, 2.75) is 32.9 Å². The van der Waals surface area contributed by atoms with Crippen LogP contribution in [0.4, 0.5) is 5.69 Å². The number of hydrogen-bond acceptors (Lipinski definition) is 6. The smallest absolute Gasteiger partial charge is 0.244 e. The van der Waals surface area contributed by atoms with E-state index in [9.17, 15) is 18.0 Å². The second-order valence-electron chi connectivity index (χ2n) is 7.63. The highest BCUT2D eigenvalue weighted by atomic mass is 35.5. The zero-order valence-corrected chi connectivity index (χ0v) is 20.9. The molecule has 184 valence electrons. The Bertz CT molecular complexity index is 1140. The van der Waals surface area contributed by atoms with E-state index in [1.807, 2.05) is 0 Å².